The first-order valence-corrected chi connectivity index (χ1v) is 11.8. The molecule has 0 bridgehead atoms. The Kier molecular flexibility index (Phi) is 6.74. The van der Waals surface area contributed by atoms with Crippen molar-refractivity contribution in [1.82, 2.24) is 9.80 Å². The third-order valence-corrected chi connectivity index (χ3v) is 7.54. The monoisotopic (exact) mass is 459 g/mol. The summed E-state index contributed by atoms with van der Waals surface area (Å²) in [5.41, 5.74) is 2.53. The second-order valence-electron chi connectivity index (χ2n) is 9.35. The zero-order chi connectivity index (χ0) is 23.6. The first kappa shape index (κ1) is 23.3. The van der Waals surface area contributed by atoms with Crippen LogP contribution in [0.1, 0.15) is 48.9 Å². The molecule has 0 radical (unpaired) electrons. The highest BCUT2D eigenvalue weighted by atomic mass is 35.5. The number of nitriles is 1. The van der Waals surface area contributed by atoms with Crippen LogP contribution >= 0.6 is 11.6 Å². The average Bonchev–Trinajstić information content (AvgIpc) is 2.84. The minimum atomic E-state index is -0.263. The third-order valence-electron chi connectivity index (χ3n) is 7.32. The van der Waals surface area contributed by atoms with Crippen molar-refractivity contribution < 1.29 is 4.79 Å². The number of amides is 1. The summed E-state index contributed by atoms with van der Waals surface area (Å²) < 4.78 is 0. The Labute approximate surface area is 201 Å². The van der Waals surface area contributed by atoms with Gasteiger partial charge in [-0.15, -0.1) is 0 Å². The summed E-state index contributed by atoms with van der Waals surface area (Å²) in [4.78, 5) is 17.8. The van der Waals surface area contributed by atoms with Crippen LogP contribution in [-0.2, 0) is 10.2 Å². The van der Waals surface area contributed by atoms with Gasteiger partial charge in [-0.1, -0.05) is 48.0 Å². The van der Waals surface area contributed by atoms with Crippen LogP contribution in [0.4, 0.5) is 0 Å². The molecule has 1 amide bonds. The zero-order valence-corrected chi connectivity index (χ0v) is 20.3. The number of nitrogens with zero attached hydrogens (tertiary/aromatic N) is 3. The molecule has 1 aliphatic rings. The maximum Gasteiger partial charge on any atom is 0.223 e. The van der Waals surface area contributed by atoms with Crippen molar-refractivity contribution in [2.75, 3.05) is 27.2 Å². The second-order valence-corrected chi connectivity index (χ2v) is 9.79. The number of rotatable bonds is 5. The first-order chi connectivity index (χ1) is 15.8. The molecule has 0 spiro atoms. The number of carbonyl (C=O) groups excluding carboxylic acids is 1. The van der Waals surface area contributed by atoms with E-state index in [2.05, 4.69) is 43.1 Å². The first-order valence-electron chi connectivity index (χ1n) is 11.5. The molecule has 4 rings (SSSR count). The van der Waals surface area contributed by atoms with E-state index < -0.39 is 0 Å². The van der Waals surface area contributed by atoms with Crippen molar-refractivity contribution in [2.45, 2.75) is 37.6 Å². The summed E-state index contributed by atoms with van der Waals surface area (Å²) in [6.45, 7) is 3.93. The van der Waals surface area contributed by atoms with Crippen LogP contribution in [0.2, 0.25) is 5.02 Å². The van der Waals surface area contributed by atoms with Gasteiger partial charge in [-0.25, -0.2) is 0 Å². The molecule has 0 aromatic heterocycles. The summed E-state index contributed by atoms with van der Waals surface area (Å²) in [5.74, 6) is 0.110. The lowest BCUT2D eigenvalue weighted by Crippen LogP contribution is -2.44. The van der Waals surface area contributed by atoms with E-state index in [1.54, 1.807) is 0 Å². The van der Waals surface area contributed by atoms with Gasteiger partial charge in [0, 0.05) is 23.9 Å². The van der Waals surface area contributed by atoms with E-state index in [4.69, 9.17) is 11.6 Å². The topological polar surface area (TPSA) is 47.3 Å². The highest BCUT2D eigenvalue weighted by molar-refractivity contribution is 6.31. The van der Waals surface area contributed by atoms with Gasteiger partial charge in [-0.2, -0.15) is 5.26 Å². The molecule has 170 valence electrons. The van der Waals surface area contributed by atoms with E-state index >= 15 is 0 Å². The van der Waals surface area contributed by atoms with E-state index in [0.29, 0.717) is 17.0 Å². The normalized spacial score (nSPS) is 16.8. The van der Waals surface area contributed by atoms with Crippen LogP contribution in [0.15, 0.2) is 60.7 Å². The van der Waals surface area contributed by atoms with Crippen molar-refractivity contribution >= 4 is 28.3 Å². The molecule has 1 aliphatic heterocycles. The van der Waals surface area contributed by atoms with Crippen LogP contribution in [0.3, 0.4) is 0 Å². The van der Waals surface area contributed by atoms with E-state index in [1.807, 2.05) is 54.4 Å². The summed E-state index contributed by atoms with van der Waals surface area (Å²) in [5, 5.41) is 12.3. The van der Waals surface area contributed by atoms with Crippen LogP contribution in [0.25, 0.3) is 10.8 Å². The Morgan fingerprint density at radius 3 is 2.61 bits per heavy atom. The molecular formula is C28H30ClN3O. The molecule has 1 fully saturated rings. The van der Waals surface area contributed by atoms with E-state index in [1.165, 1.54) is 0 Å². The molecule has 5 heteroatoms. The zero-order valence-electron chi connectivity index (χ0n) is 19.5. The number of hydrogen-bond acceptors (Lipinski definition) is 3. The largest absolute Gasteiger partial charge is 0.339 e. The van der Waals surface area contributed by atoms with Crippen molar-refractivity contribution in [3.63, 3.8) is 0 Å². The number of piperidine rings is 1. The predicted octanol–water partition coefficient (Wildman–Crippen LogP) is 5.94. The molecule has 0 saturated carbocycles. The standard InChI is InChI=1S/C28H30ClN3O/c1-20(26-17-24(29)16-22-8-4-5-10-25(22)26)32(3)27(33)18-28(11-13-31(2)14-12-28)23-9-6-7-21(15-23)19-30/h4-10,15-17,20H,11-14,18H2,1-3H3. The van der Waals surface area contributed by atoms with Gasteiger partial charge in [-0.3, -0.25) is 4.79 Å². The lowest BCUT2D eigenvalue weighted by Gasteiger charge is -2.42. The van der Waals surface area contributed by atoms with E-state index in [-0.39, 0.29) is 17.4 Å². The van der Waals surface area contributed by atoms with Gasteiger partial charge >= 0.3 is 0 Å². The van der Waals surface area contributed by atoms with Gasteiger partial charge in [0.2, 0.25) is 5.91 Å². The highest BCUT2D eigenvalue weighted by Crippen LogP contribution is 2.40. The Hall–Kier alpha value is -2.87. The minimum Gasteiger partial charge on any atom is -0.339 e. The molecule has 1 heterocycles. The fourth-order valence-electron chi connectivity index (χ4n) is 5.02. The summed E-state index contributed by atoms with van der Waals surface area (Å²) in [6.07, 6.45) is 2.22. The Bertz CT molecular complexity index is 1210. The molecule has 0 N–H and O–H groups in total. The van der Waals surface area contributed by atoms with E-state index in [0.717, 1.165) is 47.8 Å². The molecule has 3 aromatic carbocycles. The highest BCUT2D eigenvalue weighted by Gasteiger charge is 2.39. The average molecular weight is 460 g/mol. The van der Waals surface area contributed by atoms with Crippen molar-refractivity contribution in [1.29, 1.82) is 5.26 Å². The van der Waals surface area contributed by atoms with Crippen LogP contribution < -0.4 is 0 Å². The number of halogens is 1. The summed E-state index contributed by atoms with van der Waals surface area (Å²) in [6, 6.07) is 22.0. The van der Waals surface area contributed by atoms with Crippen molar-refractivity contribution in [2.24, 2.45) is 0 Å². The molecule has 1 atom stereocenters. The number of likely N-dealkylation sites (tertiary alicyclic amines) is 1. The maximum atomic E-state index is 13.7. The summed E-state index contributed by atoms with van der Waals surface area (Å²) in [7, 11) is 4.01. The molecule has 3 aromatic rings. The molecule has 4 nitrogen and oxygen atoms in total. The van der Waals surface area contributed by atoms with Gasteiger partial charge in [0.1, 0.15) is 0 Å². The van der Waals surface area contributed by atoms with Gasteiger partial charge < -0.3 is 9.80 Å². The number of hydrogen-bond donors (Lipinski definition) is 0. The quantitative estimate of drug-likeness (QED) is 0.474. The lowest BCUT2D eigenvalue weighted by molar-refractivity contribution is -0.133. The van der Waals surface area contributed by atoms with Crippen molar-refractivity contribution in [3.8, 4) is 6.07 Å². The predicted molar refractivity (Wildman–Crippen MR) is 134 cm³/mol. The smallest absolute Gasteiger partial charge is 0.223 e. The second kappa shape index (κ2) is 9.55. The molecule has 33 heavy (non-hydrogen) atoms. The molecule has 1 unspecified atom stereocenters. The Morgan fingerprint density at radius 1 is 1.15 bits per heavy atom. The lowest BCUT2D eigenvalue weighted by atomic mass is 9.70. The van der Waals surface area contributed by atoms with Crippen molar-refractivity contribution in [3.05, 3.63) is 82.4 Å². The molecule has 1 saturated heterocycles. The van der Waals surface area contributed by atoms with E-state index in [9.17, 15) is 10.1 Å². The maximum absolute atomic E-state index is 13.7. The van der Waals surface area contributed by atoms with Crippen LogP contribution in [0, 0.1) is 11.3 Å². The Morgan fingerprint density at radius 2 is 1.88 bits per heavy atom. The third kappa shape index (κ3) is 4.76. The van der Waals surface area contributed by atoms with Gasteiger partial charge in [0.25, 0.3) is 0 Å². The minimum absolute atomic E-state index is 0.110. The van der Waals surface area contributed by atoms with Gasteiger partial charge in [0.15, 0.2) is 0 Å². The number of benzene rings is 3. The fraction of sp³-hybridized carbons (Fsp3) is 0.357. The SMILES string of the molecule is CC(c1cc(Cl)cc2ccccc12)N(C)C(=O)CC1(c2cccc(C#N)c2)CCN(C)CC1. The summed E-state index contributed by atoms with van der Waals surface area (Å²) >= 11 is 6.42. The Balaban J connectivity index is 1.64. The number of carbonyl (C=O) groups is 1. The van der Waals surface area contributed by atoms with Gasteiger partial charge in [-0.05, 0) is 86.1 Å². The number of fused-ring (bicyclic) bond motifs is 1. The fourth-order valence-corrected chi connectivity index (χ4v) is 5.25. The van der Waals surface area contributed by atoms with Crippen LogP contribution in [-0.4, -0.2) is 42.9 Å². The van der Waals surface area contributed by atoms with Crippen LogP contribution in [0.5, 0.6) is 0 Å². The molecule has 0 aliphatic carbocycles. The molecular weight excluding hydrogens is 430 g/mol. The van der Waals surface area contributed by atoms with Gasteiger partial charge in [0.05, 0.1) is 17.7 Å².